The van der Waals surface area contributed by atoms with E-state index in [1.807, 2.05) is 18.4 Å². The summed E-state index contributed by atoms with van der Waals surface area (Å²) in [6.07, 6.45) is 0. The Morgan fingerprint density at radius 3 is 2.19 bits per heavy atom. The van der Waals surface area contributed by atoms with Crippen molar-refractivity contribution < 1.29 is 14.2 Å². The second kappa shape index (κ2) is 6.77. The van der Waals surface area contributed by atoms with Crippen LogP contribution in [0.3, 0.4) is 0 Å². The van der Waals surface area contributed by atoms with E-state index in [9.17, 15) is 0 Å². The van der Waals surface area contributed by atoms with Crippen molar-refractivity contribution in [3.63, 3.8) is 0 Å². The number of hydrogen-bond acceptors (Lipinski definition) is 4. The van der Waals surface area contributed by atoms with Crippen molar-refractivity contribution >= 4 is 34.5 Å². The molecular formula is C15H16Cl2O3S. The molecule has 2 rings (SSSR count). The molecule has 1 atom stereocenters. The van der Waals surface area contributed by atoms with Crippen molar-refractivity contribution in [1.82, 2.24) is 0 Å². The second-order valence-electron chi connectivity index (χ2n) is 4.38. The Morgan fingerprint density at radius 1 is 1.05 bits per heavy atom. The quantitative estimate of drug-likeness (QED) is 0.707. The lowest BCUT2D eigenvalue weighted by Gasteiger charge is -2.18. The number of alkyl halides is 1. The molecule has 0 saturated heterocycles. The van der Waals surface area contributed by atoms with E-state index in [2.05, 4.69) is 0 Å². The first-order valence-electron chi connectivity index (χ1n) is 6.21. The summed E-state index contributed by atoms with van der Waals surface area (Å²) in [5, 5.41) is 2.27. The highest BCUT2D eigenvalue weighted by Crippen LogP contribution is 2.48. The maximum absolute atomic E-state index is 6.61. The van der Waals surface area contributed by atoms with E-state index in [0.29, 0.717) is 22.3 Å². The van der Waals surface area contributed by atoms with Crippen LogP contribution in [-0.4, -0.2) is 21.3 Å². The molecule has 1 aromatic heterocycles. The van der Waals surface area contributed by atoms with Crippen LogP contribution in [0, 0.1) is 6.92 Å². The first kappa shape index (κ1) is 16.3. The molecule has 3 nitrogen and oxygen atoms in total. The van der Waals surface area contributed by atoms with Gasteiger partial charge in [0, 0.05) is 10.4 Å². The number of aryl methyl sites for hydroxylation is 1. The summed E-state index contributed by atoms with van der Waals surface area (Å²) in [5.41, 5.74) is 1.81. The molecule has 0 fully saturated rings. The average molecular weight is 347 g/mol. The Bertz CT molecular complexity index is 640. The van der Waals surface area contributed by atoms with Gasteiger partial charge >= 0.3 is 0 Å². The lowest BCUT2D eigenvalue weighted by atomic mass is 10.1. The second-order valence-corrected chi connectivity index (χ2v) is 6.11. The summed E-state index contributed by atoms with van der Waals surface area (Å²) in [5.74, 6) is 1.67. The third kappa shape index (κ3) is 2.93. The molecular weight excluding hydrogens is 331 g/mol. The third-order valence-electron chi connectivity index (χ3n) is 3.16. The maximum atomic E-state index is 6.61. The molecule has 0 aliphatic heterocycles. The predicted molar refractivity (Wildman–Crippen MR) is 87.9 cm³/mol. The molecule has 0 spiro atoms. The topological polar surface area (TPSA) is 27.7 Å². The number of halogens is 2. The zero-order valence-electron chi connectivity index (χ0n) is 12.2. The van der Waals surface area contributed by atoms with Gasteiger partial charge in [0.2, 0.25) is 5.75 Å². The number of rotatable bonds is 5. The van der Waals surface area contributed by atoms with Crippen molar-refractivity contribution in [1.29, 1.82) is 0 Å². The maximum Gasteiger partial charge on any atom is 0.203 e. The Hall–Kier alpha value is -1.10. The number of benzene rings is 1. The van der Waals surface area contributed by atoms with E-state index >= 15 is 0 Å². The predicted octanol–water partition coefficient (Wildman–Crippen LogP) is 5.06. The lowest BCUT2D eigenvalue weighted by Crippen LogP contribution is -2.01. The molecule has 0 bridgehead atoms. The van der Waals surface area contributed by atoms with Crippen LogP contribution in [0.4, 0.5) is 0 Å². The Labute approximate surface area is 138 Å². The molecule has 0 saturated carbocycles. The normalized spacial score (nSPS) is 12.1. The molecule has 0 aliphatic carbocycles. The van der Waals surface area contributed by atoms with E-state index < -0.39 is 5.38 Å². The number of methoxy groups -OCH3 is 3. The van der Waals surface area contributed by atoms with Crippen LogP contribution in [0.5, 0.6) is 17.2 Å². The SMILES string of the molecule is COc1ccc(C(Cl)c2scc(C)c2Cl)c(OC)c1OC. The van der Waals surface area contributed by atoms with Crippen LogP contribution in [0.25, 0.3) is 0 Å². The van der Waals surface area contributed by atoms with Gasteiger partial charge in [-0.15, -0.1) is 22.9 Å². The number of ether oxygens (including phenoxy) is 3. The van der Waals surface area contributed by atoms with Crippen molar-refractivity contribution in [3.8, 4) is 17.2 Å². The minimum absolute atomic E-state index is 0.411. The fourth-order valence-electron chi connectivity index (χ4n) is 2.09. The molecule has 1 unspecified atom stereocenters. The van der Waals surface area contributed by atoms with Crippen LogP contribution in [0.2, 0.25) is 5.02 Å². The lowest BCUT2D eigenvalue weighted by molar-refractivity contribution is 0.322. The molecule has 1 aromatic carbocycles. The Kier molecular flexibility index (Phi) is 5.25. The van der Waals surface area contributed by atoms with Gasteiger partial charge in [-0.3, -0.25) is 0 Å². The van der Waals surface area contributed by atoms with E-state index in [1.54, 1.807) is 27.4 Å². The zero-order chi connectivity index (χ0) is 15.6. The molecule has 0 amide bonds. The van der Waals surface area contributed by atoms with Crippen molar-refractivity contribution in [3.05, 3.63) is 38.5 Å². The largest absolute Gasteiger partial charge is 0.493 e. The average Bonchev–Trinajstić information content (AvgIpc) is 2.84. The van der Waals surface area contributed by atoms with Gasteiger partial charge < -0.3 is 14.2 Å². The van der Waals surface area contributed by atoms with Gasteiger partial charge in [0.05, 0.1) is 31.7 Å². The number of hydrogen-bond donors (Lipinski definition) is 0. The third-order valence-corrected chi connectivity index (χ3v) is 5.52. The molecule has 1 heterocycles. The van der Waals surface area contributed by atoms with Crippen molar-refractivity contribution in [2.24, 2.45) is 0 Å². The molecule has 114 valence electrons. The molecule has 2 aromatic rings. The van der Waals surface area contributed by atoms with Crippen LogP contribution < -0.4 is 14.2 Å². The van der Waals surface area contributed by atoms with Gasteiger partial charge in [0.15, 0.2) is 11.5 Å². The van der Waals surface area contributed by atoms with Crippen molar-refractivity contribution in [2.45, 2.75) is 12.3 Å². The summed E-state index contributed by atoms with van der Waals surface area (Å²) in [7, 11) is 4.72. The minimum Gasteiger partial charge on any atom is -0.493 e. The standard InChI is InChI=1S/C15H16Cl2O3S/c1-8-7-21-15(11(8)16)12(17)9-5-6-10(18-2)14(20-4)13(9)19-3/h5-7,12H,1-4H3. The van der Waals surface area contributed by atoms with E-state index in [1.165, 1.54) is 11.3 Å². The van der Waals surface area contributed by atoms with Gasteiger partial charge in [-0.2, -0.15) is 0 Å². The fourth-order valence-corrected chi connectivity index (χ4v) is 3.87. The smallest absolute Gasteiger partial charge is 0.203 e. The molecule has 6 heteroatoms. The Morgan fingerprint density at radius 2 is 1.71 bits per heavy atom. The van der Waals surface area contributed by atoms with Crippen LogP contribution in [0.1, 0.15) is 21.4 Å². The van der Waals surface area contributed by atoms with Gasteiger partial charge in [-0.25, -0.2) is 0 Å². The summed E-state index contributed by atoms with van der Waals surface area (Å²) < 4.78 is 16.1. The highest BCUT2D eigenvalue weighted by atomic mass is 35.5. The van der Waals surface area contributed by atoms with Crippen LogP contribution in [0.15, 0.2) is 17.5 Å². The van der Waals surface area contributed by atoms with E-state index in [0.717, 1.165) is 16.0 Å². The minimum atomic E-state index is -0.411. The summed E-state index contributed by atoms with van der Waals surface area (Å²) in [6, 6.07) is 3.67. The Balaban J connectivity index is 2.55. The summed E-state index contributed by atoms with van der Waals surface area (Å²) in [6.45, 7) is 1.96. The summed E-state index contributed by atoms with van der Waals surface area (Å²) in [4.78, 5) is 0.890. The highest BCUT2D eigenvalue weighted by Gasteiger charge is 2.25. The highest BCUT2D eigenvalue weighted by molar-refractivity contribution is 7.11. The fraction of sp³-hybridized carbons (Fsp3) is 0.333. The molecule has 0 radical (unpaired) electrons. The monoisotopic (exact) mass is 346 g/mol. The van der Waals surface area contributed by atoms with Crippen LogP contribution >= 0.6 is 34.5 Å². The molecule has 21 heavy (non-hydrogen) atoms. The molecule has 0 aliphatic rings. The van der Waals surface area contributed by atoms with Crippen LogP contribution in [-0.2, 0) is 0 Å². The number of thiophene rings is 1. The molecule has 0 N–H and O–H groups in total. The van der Waals surface area contributed by atoms with E-state index in [4.69, 9.17) is 37.4 Å². The van der Waals surface area contributed by atoms with E-state index in [-0.39, 0.29) is 0 Å². The first-order valence-corrected chi connectivity index (χ1v) is 7.90. The van der Waals surface area contributed by atoms with Gasteiger partial charge in [0.25, 0.3) is 0 Å². The van der Waals surface area contributed by atoms with Gasteiger partial charge in [-0.1, -0.05) is 11.6 Å². The van der Waals surface area contributed by atoms with Gasteiger partial charge in [0.1, 0.15) is 0 Å². The zero-order valence-corrected chi connectivity index (χ0v) is 14.5. The van der Waals surface area contributed by atoms with Gasteiger partial charge in [-0.05, 0) is 30.0 Å². The summed E-state index contributed by atoms with van der Waals surface area (Å²) >= 11 is 14.4. The first-order chi connectivity index (χ1) is 10.0. The van der Waals surface area contributed by atoms with Crippen molar-refractivity contribution in [2.75, 3.05) is 21.3 Å².